The molecule has 1 aliphatic carbocycles. The number of benzene rings is 1. The third kappa shape index (κ3) is 1.25. The lowest BCUT2D eigenvalue weighted by molar-refractivity contribution is 0.627. The Balaban J connectivity index is 2.35. The lowest BCUT2D eigenvalue weighted by atomic mass is 10.1. The van der Waals surface area contributed by atoms with Crippen LogP contribution in [0.1, 0.15) is 23.6 Å². The lowest BCUT2D eigenvalue weighted by Crippen LogP contribution is -1.97. The predicted octanol–water partition coefficient (Wildman–Crippen LogP) is 1.88. The van der Waals surface area contributed by atoms with Gasteiger partial charge in [0.05, 0.1) is 0 Å². The van der Waals surface area contributed by atoms with Crippen LogP contribution in [0.2, 0.25) is 0 Å². The van der Waals surface area contributed by atoms with Crippen molar-refractivity contribution in [2.45, 2.75) is 26.3 Å². The van der Waals surface area contributed by atoms with Crippen LogP contribution in [0.25, 0.3) is 0 Å². The third-order valence-corrected chi connectivity index (χ3v) is 2.64. The molecule has 1 heteroatoms. The minimum absolute atomic E-state index is 0.668. The van der Waals surface area contributed by atoms with Crippen LogP contribution < -0.4 is 5.73 Å². The quantitative estimate of drug-likeness (QED) is 0.668. The molecule has 1 aromatic rings. The number of hydrogen-bond donors (Lipinski definition) is 1. The molecule has 0 bridgehead atoms. The summed E-state index contributed by atoms with van der Waals surface area (Å²) in [6, 6.07) is 6.65. The molecule has 0 fully saturated rings. The molecule has 0 aliphatic heterocycles. The molecule has 1 nitrogen and oxygen atoms in total. The highest BCUT2D eigenvalue weighted by molar-refractivity contribution is 5.35. The van der Waals surface area contributed by atoms with Crippen molar-refractivity contribution in [2.75, 3.05) is 0 Å². The Bertz CT molecular complexity index is 291. The van der Waals surface area contributed by atoms with Crippen molar-refractivity contribution in [2.24, 2.45) is 11.7 Å². The van der Waals surface area contributed by atoms with Gasteiger partial charge in [0.2, 0.25) is 0 Å². The van der Waals surface area contributed by atoms with E-state index in [-0.39, 0.29) is 0 Å². The highest BCUT2D eigenvalue weighted by Crippen LogP contribution is 2.26. The Kier molecular flexibility index (Phi) is 1.89. The molecule has 0 saturated carbocycles. The molecule has 0 heterocycles. The maximum Gasteiger partial charge on any atom is 0.0178 e. The maximum absolute atomic E-state index is 5.58. The second-order valence-corrected chi connectivity index (χ2v) is 3.82. The van der Waals surface area contributed by atoms with Gasteiger partial charge < -0.3 is 5.73 Å². The molecule has 0 saturated heterocycles. The normalized spacial score (nSPS) is 21.0. The molecule has 1 atom stereocenters. The molecular weight excluding hydrogens is 146 g/mol. The first-order chi connectivity index (χ1) is 5.79. The summed E-state index contributed by atoms with van der Waals surface area (Å²) in [4.78, 5) is 0. The van der Waals surface area contributed by atoms with Gasteiger partial charge in [-0.1, -0.05) is 25.1 Å². The lowest BCUT2D eigenvalue weighted by Gasteiger charge is -2.00. The fourth-order valence-electron chi connectivity index (χ4n) is 2.02. The summed E-state index contributed by atoms with van der Waals surface area (Å²) in [6.07, 6.45) is 2.49. The van der Waals surface area contributed by atoms with Crippen LogP contribution in [-0.2, 0) is 19.4 Å². The topological polar surface area (TPSA) is 26.0 Å². The SMILES string of the molecule is CC1Cc2ccc(CN)cc2C1. The summed E-state index contributed by atoms with van der Waals surface area (Å²) < 4.78 is 0. The van der Waals surface area contributed by atoms with Crippen molar-refractivity contribution >= 4 is 0 Å². The van der Waals surface area contributed by atoms with E-state index in [4.69, 9.17) is 5.73 Å². The molecular formula is C11H15N. The van der Waals surface area contributed by atoms with E-state index >= 15 is 0 Å². The second-order valence-electron chi connectivity index (χ2n) is 3.82. The molecule has 0 spiro atoms. The zero-order valence-electron chi connectivity index (χ0n) is 7.51. The van der Waals surface area contributed by atoms with E-state index in [0.29, 0.717) is 6.54 Å². The van der Waals surface area contributed by atoms with Crippen molar-refractivity contribution < 1.29 is 0 Å². The van der Waals surface area contributed by atoms with E-state index in [2.05, 4.69) is 25.1 Å². The van der Waals surface area contributed by atoms with Gasteiger partial charge in [0.1, 0.15) is 0 Å². The highest BCUT2D eigenvalue weighted by atomic mass is 14.5. The van der Waals surface area contributed by atoms with Gasteiger partial charge in [0.15, 0.2) is 0 Å². The summed E-state index contributed by atoms with van der Waals surface area (Å²) in [5, 5.41) is 0. The monoisotopic (exact) mass is 161 g/mol. The number of hydrogen-bond acceptors (Lipinski definition) is 1. The van der Waals surface area contributed by atoms with Crippen molar-refractivity contribution in [1.82, 2.24) is 0 Å². The Morgan fingerprint density at radius 2 is 2.08 bits per heavy atom. The number of rotatable bonds is 1. The van der Waals surface area contributed by atoms with Gasteiger partial charge in [-0.3, -0.25) is 0 Å². The summed E-state index contributed by atoms with van der Waals surface area (Å²) in [7, 11) is 0. The van der Waals surface area contributed by atoms with Crippen LogP contribution in [-0.4, -0.2) is 0 Å². The minimum atomic E-state index is 0.668. The van der Waals surface area contributed by atoms with E-state index in [0.717, 1.165) is 5.92 Å². The van der Waals surface area contributed by atoms with Crippen LogP contribution in [0.3, 0.4) is 0 Å². The minimum Gasteiger partial charge on any atom is -0.326 e. The van der Waals surface area contributed by atoms with Gasteiger partial charge in [0, 0.05) is 6.54 Å². The van der Waals surface area contributed by atoms with Gasteiger partial charge in [-0.25, -0.2) is 0 Å². The zero-order valence-corrected chi connectivity index (χ0v) is 7.51. The van der Waals surface area contributed by atoms with Gasteiger partial charge in [0.25, 0.3) is 0 Å². The summed E-state index contributed by atoms with van der Waals surface area (Å²) in [5.41, 5.74) is 9.89. The summed E-state index contributed by atoms with van der Waals surface area (Å²) in [6.45, 7) is 2.98. The molecule has 0 amide bonds. The number of nitrogens with two attached hydrogens (primary N) is 1. The van der Waals surface area contributed by atoms with Crippen LogP contribution in [0.4, 0.5) is 0 Å². The average Bonchev–Trinajstić information content (AvgIpc) is 2.43. The smallest absolute Gasteiger partial charge is 0.0178 e. The summed E-state index contributed by atoms with van der Waals surface area (Å²) >= 11 is 0. The first-order valence-corrected chi connectivity index (χ1v) is 4.60. The Hall–Kier alpha value is -0.820. The Morgan fingerprint density at radius 3 is 2.83 bits per heavy atom. The fraction of sp³-hybridized carbons (Fsp3) is 0.455. The first kappa shape index (κ1) is 7.81. The van der Waals surface area contributed by atoms with E-state index in [9.17, 15) is 0 Å². The molecule has 64 valence electrons. The largest absolute Gasteiger partial charge is 0.326 e. The standard InChI is InChI=1S/C11H15N/c1-8-4-10-3-2-9(7-12)6-11(10)5-8/h2-3,6,8H,4-5,7,12H2,1H3. The van der Waals surface area contributed by atoms with Crippen LogP contribution >= 0.6 is 0 Å². The second kappa shape index (κ2) is 2.91. The molecule has 1 aliphatic rings. The van der Waals surface area contributed by atoms with Gasteiger partial charge >= 0.3 is 0 Å². The average molecular weight is 161 g/mol. The number of fused-ring (bicyclic) bond motifs is 1. The third-order valence-electron chi connectivity index (χ3n) is 2.64. The van der Waals surface area contributed by atoms with Crippen molar-refractivity contribution in [3.8, 4) is 0 Å². The zero-order chi connectivity index (χ0) is 8.55. The molecule has 1 aromatic carbocycles. The predicted molar refractivity (Wildman–Crippen MR) is 50.9 cm³/mol. The molecule has 0 radical (unpaired) electrons. The van der Waals surface area contributed by atoms with E-state index < -0.39 is 0 Å². The molecule has 1 unspecified atom stereocenters. The van der Waals surface area contributed by atoms with E-state index in [1.54, 1.807) is 0 Å². The molecule has 2 rings (SSSR count). The fourth-order valence-corrected chi connectivity index (χ4v) is 2.02. The van der Waals surface area contributed by atoms with Crippen LogP contribution in [0, 0.1) is 5.92 Å². The van der Waals surface area contributed by atoms with Crippen LogP contribution in [0.15, 0.2) is 18.2 Å². The maximum atomic E-state index is 5.58. The highest BCUT2D eigenvalue weighted by Gasteiger charge is 2.16. The van der Waals surface area contributed by atoms with Crippen LogP contribution in [0.5, 0.6) is 0 Å². The van der Waals surface area contributed by atoms with Gasteiger partial charge in [-0.2, -0.15) is 0 Å². The van der Waals surface area contributed by atoms with Gasteiger partial charge in [-0.15, -0.1) is 0 Å². The van der Waals surface area contributed by atoms with Crippen molar-refractivity contribution in [3.05, 3.63) is 34.9 Å². The molecule has 0 aromatic heterocycles. The Morgan fingerprint density at radius 1 is 1.33 bits per heavy atom. The van der Waals surface area contributed by atoms with Crippen molar-refractivity contribution in [1.29, 1.82) is 0 Å². The first-order valence-electron chi connectivity index (χ1n) is 4.60. The molecule has 12 heavy (non-hydrogen) atoms. The molecule has 2 N–H and O–H groups in total. The summed E-state index contributed by atoms with van der Waals surface area (Å²) in [5.74, 6) is 0.827. The van der Waals surface area contributed by atoms with E-state index in [1.807, 2.05) is 0 Å². The van der Waals surface area contributed by atoms with Gasteiger partial charge in [-0.05, 0) is 35.4 Å². The van der Waals surface area contributed by atoms with E-state index in [1.165, 1.54) is 29.5 Å². The Labute approximate surface area is 73.6 Å². The van der Waals surface area contributed by atoms with Crippen molar-refractivity contribution in [3.63, 3.8) is 0 Å².